The molecule has 0 spiro atoms. The first-order valence-electron chi connectivity index (χ1n) is 6.57. The van der Waals surface area contributed by atoms with Crippen molar-refractivity contribution < 1.29 is 4.74 Å². The van der Waals surface area contributed by atoms with E-state index in [2.05, 4.69) is 30.7 Å². The van der Waals surface area contributed by atoms with Crippen LogP contribution in [-0.4, -0.2) is 61.8 Å². The van der Waals surface area contributed by atoms with E-state index in [9.17, 15) is 0 Å². The molecule has 2 rings (SSSR count). The number of rotatable bonds is 5. The average molecular weight is 226 g/mol. The lowest BCUT2D eigenvalue weighted by Gasteiger charge is -2.48. The maximum Gasteiger partial charge on any atom is 0.0601 e. The zero-order valence-corrected chi connectivity index (χ0v) is 11.1. The summed E-state index contributed by atoms with van der Waals surface area (Å²) >= 11 is 0. The molecule has 0 atom stereocenters. The lowest BCUT2D eigenvalue weighted by molar-refractivity contribution is -0.0501. The molecule has 0 bridgehead atoms. The van der Waals surface area contributed by atoms with Crippen molar-refractivity contribution in [1.82, 2.24) is 9.80 Å². The van der Waals surface area contributed by atoms with Crippen molar-refractivity contribution in [3.63, 3.8) is 0 Å². The Morgan fingerprint density at radius 3 is 2.38 bits per heavy atom. The molecule has 0 amide bonds. The molecule has 16 heavy (non-hydrogen) atoms. The van der Waals surface area contributed by atoms with Crippen LogP contribution in [0.15, 0.2) is 0 Å². The lowest BCUT2D eigenvalue weighted by atomic mass is 9.85. The third-order valence-corrected chi connectivity index (χ3v) is 4.14. The Bertz CT molecular complexity index is 220. The van der Waals surface area contributed by atoms with Crippen molar-refractivity contribution in [3.05, 3.63) is 0 Å². The molecular formula is C13H26N2O. The molecule has 2 fully saturated rings. The Kier molecular flexibility index (Phi) is 3.88. The minimum absolute atomic E-state index is 0.523. The number of methoxy groups -OCH3 is 1. The Morgan fingerprint density at radius 2 is 1.94 bits per heavy atom. The van der Waals surface area contributed by atoms with Crippen LogP contribution in [0.3, 0.4) is 0 Å². The zero-order valence-electron chi connectivity index (χ0n) is 11.1. The summed E-state index contributed by atoms with van der Waals surface area (Å²) in [6.07, 6.45) is 2.99. The molecule has 0 aromatic heterocycles. The number of ether oxygens (including phenoxy) is 1. The van der Waals surface area contributed by atoms with Crippen molar-refractivity contribution in [2.75, 3.05) is 33.8 Å². The van der Waals surface area contributed by atoms with E-state index in [1.165, 1.54) is 32.5 Å². The van der Waals surface area contributed by atoms with Gasteiger partial charge in [0.15, 0.2) is 0 Å². The van der Waals surface area contributed by atoms with E-state index in [0.717, 1.165) is 12.0 Å². The summed E-state index contributed by atoms with van der Waals surface area (Å²) in [5.74, 6) is 0.897. The molecule has 1 saturated heterocycles. The molecule has 2 aliphatic rings. The molecule has 0 radical (unpaired) electrons. The highest BCUT2D eigenvalue weighted by atomic mass is 16.5. The van der Waals surface area contributed by atoms with Gasteiger partial charge in [-0.3, -0.25) is 4.90 Å². The van der Waals surface area contributed by atoms with Gasteiger partial charge in [-0.1, -0.05) is 0 Å². The van der Waals surface area contributed by atoms with Crippen LogP contribution >= 0.6 is 0 Å². The van der Waals surface area contributed by atoms with Gasteiger partial charge in [0.2, 0.25) is 0 Å². The van der Waals surface area contributed by atoms with Gasteiger partial charge in [-0.25, -0.2) is 0 Å². The average Bonchev–Trinajstić information content (AvgIpc) is 2.11. The van der Waals surface area contributed by atoms with Gasteiger partial charge in [0, 0.05) is 38.8 Å². The van der Waals surface area contributed by atoms with E-state index in [1.807, 2.05) is 7.11 Å². The predicted octanol–water partition coefficient (Wildman–Crippen LogP) is 1.44. The predicted molar refractivity (Wildman–Crippen MR) is 66.6 cm³/mol. The van der Waals surface area contributed by atoms with E-state index in [1.54, 1.807) is 0 Å². The number of hydrogen-bond donors (Lipinski definition) is 0. The third-order valence-electron chi connectivity index (χ3n) is 4.14. The highest BCUT2D eigenvalue weighted by Gasteiger charge is 2.37. The van der Waals surface area contributed by atoms with E-state index in [0.29, 0.717) is 12.1 Å². The standard InChI is InChI=1S/C13H26N2O/c1-10(2)15(9-11-7-14(3)8-11)12-5-13(6-12)16-4/h10-13H,5-9H2,1-4H3. The van der Waals surface area contributed by atoms with Crippen LogP contribution in [-0.2, 0) is 4.74 Å². The maximum atomic E-state index is 5.37. The SMILES string of the molecule is COC1CC(N(CC2CN(C)C2)C(C)C)C1. The highest BCUT2D eigenvalue weighted by Crippen LogP contribution is 2.30. The summed E-state index contributed by atoms with van der Waals surface area (Å²) in [7, 11) is 4.04. The fourth-order valence-electron chi connectivity index (χ4n) is 3.02. The summed E-state index contributed by atoms with van der Waals surface area (Å²) in [6.45, 7) is 8.49. The zero-order chi connectivity index (χ0) is 11.7. The molecule has 0 N–H and O–H groups in total. The van der Waals surface area contributed by atoms with Gasteiger partial charge in [-0.15, -0.1) is 0 Å². The molecule has 3 nitrogen and oxygen atoms in total. The fourth-order valence-corrected chi connectivity index (χ4v) is 3.02. The number of hydrogen-bond acceptors (Lipinski definition) is 3. The van der Waals surface area contributed by atoms with Gasteiger partial charge >= 0.3 is 0 Å². The Morgan fingerprint density at radius 1 is 1.31 bits per heavy atom. The van der Waals surface area contributed by atoms with Gasteiger partial charge in [0.25, 0.3) is 0 Å². The summed E-state index contributed by atoms with van der Waals surface area (Å²) in [5, 5.41) is 0. The summed E-state index contributed by atoms with van der Waals surface area (Å²) in [5.41, 5.74) is 0. The molecule has 94 valence electrons. The van der Waals surface area contributed by atoms with Gasteiger partial charge in [-0.2, -0.15) is 0 Å². The smallest absolute Gasteiger partial charge is 0.0601 e. The summed E-state index contributed by atoms with van der Waals surface area (Å²) < 4.78 is 5.37. The minimum atomic E-state index is 0.523. The third kappa shape index (κ3) is 2.58. The molecular weight excluding hydrogens is 200 g/mol. The van der Waals surface area contributed by atoms with Gasteiger partial charge in [0.1, 0.15) is 0 Å². The first kappa shape index (κ1) is 12.3. The van der Waals surface area contributed by atoms with E-state index in [4.69, 9.17) is 4.74 Å². The van der Waals surface area contributed by atoms with Crippen LogP contribution in [0.1, 0.15) is 26.7 Å². The molecule has 1 saturated carbocycles. The van der Waals surface area contributed by atoms with E-state index >= 15 is 0 Å². The van der Waals surface area contributed by atoms with Crippen LogP contribution in [0.5, 0.6) is 0 Å². The number of likely N-dealkylation sites (tertiary alicyclic amines) is 1. The van der Waals surface area contributed by atoms with E-state index < -0.39 is 0 Å². The normalized spacial score (nSPS) is 31.9. The Balaban J connectivity index is 1.77. The molecule has 0 unspecified atom stereocenters. The molecule has 3 heteroatoms. The first-order chi connectivity index (χ1) is 7.60. The van der Waals surface area contributed by atoms with Gasteiger partial charge in [0.05, 0.1) is 6.10 Å². The molecule has 1 heterocycles. The fraction of sp³-hybridized carbons (Fsp3) is 1.00. The van der Waals surface area contributed by atoms with Gasteiger partial charge in [-0.05, 0) is 39.7 Å². The van der Waals surface area contributed by atoms with Crippen LogP contribution in [0.25, 0.3) is 0 Å². The van der Waals surface area contributed by atoms with Gasteiger partial charge < -0.3 is 9.64 Å². The summed E-state index contributed by atoms with van der Waals surface area (Å²) in [6, 6.07) is 1.45. The van der Waals surface area contributed by atoms with Crippen LogP contribution in [0, 0.1) is 5.92 Å². The molecule has 0 aromatic rings. The lowest BCUT2D eigenvalue weighted by Crippen LogP contribution is -2.56. The minimum Gasteiger partial charge on any atom is -0.381 e. The second-order valence-corrected chi connectivity index (χ2v) is 5.86. The Labute approximate surface area is 99.7 Å². The quantitative estimate of drug-likeness (QED) is 0.705. The topological polar surface area (TPSA) is 15.7 Å². The van der Waals surface area contributed by atoms with Crippen LogP contribution < -0.4 is 0 Å². The molecule has 0 aromatic carbocycles. The van der Waals surface area contributed by atoms with Crippen molar-refractivity contribution >= 4 is 0 Å². The van der Waals surface area contributed by atoms with Crippen LogP contribution in [0.2, 0.25) is 0 Å². The first-order valence-corrected chi connectivity index (χ1v) is 6.57. The van der Waals surface area contributed by atoms with Crippen molar-refractivity contribution in [2.45, 2.75) is 44.9 Å². The summed E-state index contributed by atoms with van der Waals surface area (Å²) in [4.78, 5) is 5.09. The number of nitrogens with zero attached hydrogens (tertiary/aromatic N) is 2. The van der Waals surface area contributed by atoms with Crippen molar-refractivity contribution in [1.29, 1.82) is 0 Å². The second kappa shape index (κ2) is 5.03. The largest absolute Gasteiger partial charge is 0.381 e. The second-order valence-electron chi connectivity index (χ2n) is 5.86. The van der Waals surface area contributed by atoms with Crippen molar-refractivity contribution in [2.24, 2.45) is 5.92 Å². The van der Waals surface area contributed by atoms with E-state index in [-0.39, 0.29) is 0 Å². The Hall–Kier alpha value is -0.120. The molecule has 1 aliphatic heterocycles. The highest BCUT2D eigenvalue weighted by molar-refractivity contribution is 4.91. The maximum absolute atomic E-state index is 5.37. The van der Waals surface area contributed by atoms with Crippen LogP contribution in [0.4, 0.5) is 0 Å². The molecule has 1 aliphatic carbocycles. The van der Waals surface area contributed by atoms with Crippen molar-refractivity contribution in [3.8, 4) is 0 Å². The monoisotopic (exact) mass is 226 g/mol.